The number of nitrogens with one attached hydrogen (secondary N) is 2. The fourth-order valence-corrected chi connectivity index (χ4v) is 3.53. The lowest BCUT2D eigenvalue weighted by molar-refractivity contribution is -0.129. The van der Waals surface area contributed by atoms with Crippen LogP contribution in [0.15, 0.2) is 58.7 Å². The molecule has 2 aliphatic rings. The SMILES string of the molecule is O=C(CC(=O)NN=C1CCc2ccccc21)NN=C1CCc2ccccc21. The van der Waals surface area contributed by atoms with Crippen LogP contribution in [0.5, 0.6) is 0 Å². The second kappa shape index (κ2) is 7.53. The van der Waals surface area contributed by atoms with Gasteiger partial charge in [0.05, 0.1) is 11.4 Å². The average molecular weight is 360 g/mol. The first-order valence-corrected chi connectivity index (χ1v) is 9.08. The maximum atomic E-state index is 12.0. The Hall–Kier alpha value is -3.28. The zero-order valence-electron chi connectivity index (χ0n) is 14.9. The molecule has 0 unspecified atom stereocenters. The third-order valence-corrected chi connectivity index (χ3v) is 4.87. The van der Waals surface area contributed by atoms with E-state index in [0.717, 1.165) is 48.2 Å². The summed E-state index contributed by atoms with van der Waals surface area (Å²) in [6, 6.07) is 16.0. The Balaban J connectivity index is 1.31. The van der Waals surface area contributed by atoms with Gasteiger partial charge in [0.2, 0.25) is 11.8 Å². The predicted octanol–water partition coefficient (Wildman–Crippen LogP) is 2.31. The fraction of sp³-hybridized carbons (Fsp3) is 0.238. The molecule has 0 heterocycles. The van der Waals surface area contributed by atoms with Gasteiger partial charge in [0, 0.05) is 11.1 Å². The Bertz CT molecular complexity index is 885. The van der Waals surface area contributed by atoms with Crippen molar-refractivity contribution in [2.45, 2.75) is 32.1 Å². The van der Waals surface area contributed by atoms with Crippen LogP contribution in [0.4, 0.5) is 0 Å². The van der Waals surface area contributed by atoms with E-state index in [-0.39, 0.29) is 6.42 Å². The lowest BCUT2D eigenvalue weighted by Gasteiger charge is -2.03. The number of benzene rings is 2. The van der Waals surface area contributed by atoms with Crippen molar-refractivity contribution >= 4 is 23.2 Å². The molecule has 0 atom stereocenters. The van der Waals surface area contributed by atoms with Crippen LogP contribution < -0.4 is 10.9 Å². The molecule has 136 valence electrons. The van der Waals surface area contributed by atoms with Gasteiger partial charge in [-0.25, -0.2) is 10.9 Å². The summed E-state index contributed by atoms with van der Waals surface area (Å²) in [6.07, 6.45) is 3.11. The summed E-state index contributed by atoms with van der Waals surface area (Å²) in [5.41, 5.74) is 11.2. The quantitative estimate of drug-likeness (QED) is 0.648. The normalized spacial score (nSPS) is 17.6. The van der Waals surface area contributed by atoms with E-state index in [1.54, 1.807) is 0 Å². The van der Waals surface area contributed by atoms with E-state index in [4.69, 9.17) is 0 Å². The summed E-state index contributed by atoms with van der Waals surface area (Å²) in [4.78, 5) is 24.0. The molecule has 0 spiro atoms. The van der Waals surface area contributed by atoms with Gasteiger partial charge in [0.25, 0.3) is 0 Å². The average Bonchev–Trinajstić information content (AvgIpc) is 3.29. The molecular formula is C21H20N4O2. The van der Waals surface area contributed by atoms with E-state index < -0.39 is 11.8 Å². The van der Waals surface area contributed by atoms with Crippen LogP contribution in [0.2, 0.25) is 0 Å². The number of nitrogens with zero attached hydrogens (tertiary/aromatic N) is 2. The van der Waals surface area contributed by atoms with Crippen molar-refractivity contribution in [3.63, 3.8) is 0 Å². The van der Waals surface area contributed by atoms with Crippen LogP contribution in [-0.2, 0) is 22.4 Å². The number of carbonyl (C=O) groups is 2. The molecule has 2 N–H and O–H groups in total. The zero-order chi connectivity index (χ0) is 18.6. The van der Waals surface area contributed by atoms with Crippen LogP contribution >= 0.6 is 0 Å². The summed E-state index contributed by atoms with van der Waals surface area (Å²) < 4.78 is 0. The van der Waals surface area contributed by atoms with E-state index in [9.17, 15) is 9.59 Å². The third-order valence-electron chi connectivity index (χ3n) is 4.87. The molecule has 0 aliphatic heterocycles. The standard InChI is InChI=1S/C21H20N4O2/c26-20(24-22-18-11-9-14-5-1-3-7-16(14)18)13-21(27)25-23-19-12-10-15-6-2-4-8-17(15)19/h1-8H,9-13H2,(H,24,26)(H,25,27). The molecule has 0 bridgehead atoms. The maximum Gasteiger partial charge on any atom is 0.249 e. The minimum Gasteiger partial charge on any atom is -0.273 e. The van der Waals surface area contributed by atoms with Crippen molar-refractivity contribution in [3.8, 4) is 0 Å². The van der Waals surface area contributed by atoms with Gasteiger partial charge in [-0.3, -0.25) is 9.59 Å². The highest BCUT2D eigenvalue weighted by atomic mass is 16.2. The Morgan fingerprint density at radius 1 is 0.704 bits per heavy atom. The summed E-state index contributed by atoms with van der Waals surface area (Å²) in [5.74, 6) is -0.896. The van der Waals surface area contributed by atoms with Gasteiger partial charge in [-0.1, -0.05) is 48.5 Å². The largest absolute Gasteiger partial charge is 0.273 e. The van der Waals surface area contributed by atoms with E-state index in [1.807, 2.05) is 36.4 Å². The molecule has 2 aliphatic carbocycles. The van der Waals surface area contributed by atoms with Crippen LogP contribution in [0.25, 0.3) is 0 Å². The minimum absolute atomic E-state index is 0.309. The highest BCUT2D eigenvalue weighted by molar-refractivity contribution is 6.06. The predicted molar refractivity (Wildman–Crippen MR) is 104 cm³/mol. The molecular weight excluding hydrogens is 340 g/mol. The Morgan fingerprint density at radius 3 is 1.63 bits per heavy atom. The summed E-state index contributed by atoms with van der Waals surface area (Å²) in [6.45, 7) is 0. The molecule has 2 aromatic carbocycles. The first-order chi connectivity index (χ1) is 13.2. The Labute approximate surface area is 157 Å². The Morgan fingerprint density at radius 2 is 1.15 bits per heavy atom. The monoisotopic (exact) mass is 360 g/mol. The second-order valence-electron chi connectivity index (χ2n) is 6.68. The highest BCUT2D eigenvalue weighted by Gasteiger charge is 2.19. The van der Waals surface area contributed by atoms with Crippen molar-refractivity contribution in [1.29, 1.82) is 0 Å². The molecule has 27 heavy (non-hydrogen) atoms. The van der Waals surface area contributed by atoms with Gasteiger partial charge >= 0.3 is 0 Å². The van der Waals surface area contributed by atoms with Crippen LogP contribution in [0, 0.1) is 0 Å². The number of carbonyl (C=O) groups excluding carboxylic acids is 2. The van der Waals surface area contributed by atoms with Crippen molar-refractivity contribution in [1.82, 2.24) is 10.9 Å². The number of fused-ring (bicyclic) bond motifs is 2. The lowest BCUT2D eigenvalue weighted by Crippen LogP contribution is -2.28. The molecule has 6 nitrogen and oxygen atoms in total. The van der Waals surface area contributed by atoms with Crippen LogP contribution in [0.1, 0.15) is 41.5 Å². The molecule has 0 radical (unpaired) electrons. The molecule has 4 rings (SSSR count). The van der Waals surface area contributed by atoms with Crippen molar-refractivity contribution in [2.75, 3.05) is 0 Å². The maximum absolute atomic E-state index is 12.0. The number of aryl methyl sites for hydroxylation is 2. The van der Waals surface area contributed by atoms with E-state index in [2.05, 4.69) is 33.2 Å². The van der Waals surface area contributed by atoms with Gasteiger partial charge in [-0.2, -0.15) is 10.2 Å². The molecule has 6 heteroatoms. The third kappa shape index (κ3) is 3.79. The number of rotatable bonds is 4. The fourth-order valence-electron chi connectivity index (χ4n) is 3.53. The summed E-state index contributed by atoms with van der Waals surface area (Å²) >= 11 is 0. The van der Waals surface area contributed by atoms with Crippen LogP contribution in [-0.4, -0.2) is 23.2 Å². The number of hydrogen-bond acceptors (Lipinski definition) is 4. The summed E-state index contributed by atoms with van der Waals surface area (Å²) in [7, 11) is 0. The van der Waals surface area contributed by atoms with Gasteiger partial charge in [0.15, 0.2) is 0 Å². The van der Waals surface area contributed by atoms with Gasteiger partial charge in [0.1, 0.15) is 6.42 Å². The molecule has 0 aromatic heterocycles. The minimum atomic E-state index is -0.448. The van der Waals surface area contributed by atoms with Gasteiger partial charge < -0.3 is 0 Å². The Kier molecular flexibility index (Phi) is 4.78. The smallest absolute Gasteiger partial charge is 0.249 e. The van der Waals surface area contributed by atoms with Crippen LogP contribution in [0.3, 0.4) is 0 Å². The first kappa shape index (κ1) is 17.1. The molecule has 0 saturated heterocycles. The summed E-state index contributed by atoms with van der Waals surface area (Å²) in [5, 5.41) is 8.37. The second-order valence-corrected chi connectivity index (χ2v) is 6.68. The van der Waals surface area contributed by atoms with E-state index in [0.29, 0.717) is 0 Å². The van der Waals surface area contributed by atoms with E-state index in [1.165, 1.54) is 11.1 Å². The molecule has 2 amide bonds. The number of hydrogen-bond donors (Lipinski definition) is 2. The molecule has 0 saturated carbocycles. The molecule has 2 aromatic rings. The van der Waals surface area contributed by atoms with Crippen molar-refractivity contribution in [3.05, 3.63) is 70.8 Å². The van der Waals surface area contributed by atoms with Crippen molar-refractivity contribution < 1.29 is 9.59 Å². The van der Waals surface area contributed by atoms with E-state index >= 15 is 0 Å². The zero-order valence-corrected chi connectivity index (χ0v) is 14.9. The molecule has 0 fully saturated rings. The van der Waals surface area contributed by atoms with Crippen molar-refractivity contribution in [2.24, 2.45) is 10.2 Å². The topological polar surface area (TPSA) is 82.9 Å². The first-order valence-electron chi connectivity index (χ1n) is 9.08. The lowest BCUT2D eigenvalue weighted by atomic mass is 10.1. The highest BCUT2D eigenvalue weighted by Crippen LogP contribution is 2.22. The van der Waals surface area contributed by atoms with Gasteiger partial charge in [-0.05, 0) is 36.8 Å². The number of hydrazone groups is 2. The number of amides is 2. The van der Waals surface area contributed by atoms with Gasteiger partial charge in [-0.15, -0.1) is 0 Å².